The predicted molar refractivity (Wildman–Crippen MR) is 363 cm³/mol. The number of hydrogen-bond acceptors (Lipinski definition) is 29. The molecule has 0 saturated carbocycles. The molecular weight excluding hydrogens is 1450 g/mol. The third-order valence-electron chi connectivity index (χ3n) is 17.0. The molecule has 1 aromatic carbocycles. The van der Waals surface area contributed by atoms with E-state index < -0.39 is 149 Å². The van der Waals surface area contributed by atoms with Crippen LogP contribution in [-0.2, 0) is 61.9 Å². The summed E-state index contributed by atoms with van der Waals surface area (Å²) in [6, 6.07) is -2.52. The number of carboxylic acids is 1. The summed E-state index contributed by atoms with van der Waals surface area (Å²) in [5, 5.41) is 75.1. The summed E-state index contributed by atoms with van der Waals surface area (Å²) in [5.41, 5.74) is 6.47. The van der Waals surface area contributed by atoms with Gasteiger partial charge in [-0.3, -0.25) is 29.3 Å². The highest BCUT2D eigenvalue weighted by Crippen LogP contribution is 2.49. The number of methoxy groups -OCH3 is 5. The number of allylic oxidation sites excluding steroid dienone is 3. The van der Waals surface area contributed by atoms with Gasteiger partial charge in [0.2, 0.25) is 23.1 Å². The lowest BCUT2D eigenvalue weighted by Crippen LogP contribution is -2.65. The maximum atomic E-state index is 14.5. The first-order chi connectivity index (χ1) is 46.0. The molecule has 4 aliphatic heterocycles. The van der Waals surface area contributed by atoms with Crippen molar-refractivity contribution in [2.24, 2.45) is 5.73 Å². The molecule has 97 heavy (non-hydrogen) atoms. The zero-order valence-corrected chi connectivity index (χ0v) is 60.6. The molecule has 0 spiro atoms. The maximum Gasteiger partial charge on any atom is 0.411 e. The Bertz CT molecular complexity index is 3170. The maximum absolute atomic E-state index is 14.5. The number of ether oxygens (including phenoxy) is 12. The van der Waals surface area contributed by atoms with Gasteiger partial charge >= 0.3 is 12.1 Å². The number of halogens is 1. The Kier molecular flexibility index (Phi) is 30.1. The van der Waals surface area contributed by atoms with Crippen LogP contribution in [0, 0.1) is 34.2 Å². The van der Waals surface area contributed by atoms with E-state index in [1.54, 1.807) is 40.9 Å². The molecule has 0 radical (unpaired) electrons. The number of nitrogens with one attached hydrogen (secondary N) is 4. The van der Waals surface area contributed by atoms with Crippen molar-refractivity contribution in [3.63, 3.8) is 0 Å². The largest absolute Gasteiger partial charge is 0.492 e. The van der Waals surface area contributed by atoms with Gasteiger partial charge in [-0.15, -0.1) is 0 Å². The number of amides is 2. The van der Waals surface area contributed by atoms with Gasteiger partial charge in [-0.05, 0) is 101 Å². The monoisotopic (exact) mass is 1540 g/mol. The fourth-order valence-corrected chi connectivity index (χ4v) is 15.9. The topological polar surface area (TPSA) is 401 Å². The number of benzene rings is 1. The van der Waals surface area contributed by atoms with Crippen LogP contribution in [0.2, 0.25) is 0 Å². The van der Waals surface area contributed by atoms with Crippen molar-refractivity contribution in [2.45, 2.75) is 213 Å². The summed E-state index contributed by atoms with van der Waals surface area (Å²) < 4.78 is 72.4. The number of alkyl carbamates (subject to hydrolysis) is 1. The van der Waals surface area contributed by atoms with Gasteiger partial charge in [0, 0.05) is 61.7 Å². The summed E-state index contributed by atoms with van der Waals surface area (Å²) in [6.07, 6.45) is -14.3. The lowest BCUT2D eigenvalue weighted by Gasteiger charge is -2.46. The van der Waals surface area contributed by atoms with E-state index in [1.807, 2.05) is 43.4 Å². The second kappa shape index (κ2) is 36.5. The second-order valence-corrected chi connectivity index (χ2v) is 29.5. The van der Waals surface area contributed by atoms with E-state index in [0.29, 0.717) is 22.1 Å². The molecule has 2 aliphatic carbocycles. The highest BCUT2D eigenvalue weighted by Gasteiger charge is 2.52. The number of carbonyl (C=O) groups excluding carboxylic acids is 4. The highest BCUT2D eigenvalue weighted by molar-refractivity contribution is 14.1. The van der Waals surface area contributed by atoms with E-state index >= 15 is 0 Å². The van der Waals surface area contributed by atoms with Gasteiger partial charge in [-0.1, -0.05) is 70.0 Å². The predicted octanol–water partition coefficient (Wildman–Crippen LogP) is 2.40. The second-order valence-electron chi connectivity index (χ2n) is 24.3. The van der Waals surface area contributed by atoms with Gasteiger partial charge < -0.3 is 104 Å². The summed E-state index contributed by atoms with van der Waals surface area (Å²) >= 11 is 2.80. The summed E-state index contributed by atoms with van der Waals surface area (Å²) in [6.45, 7) is 13.5. The molecule has 4 fully saturated rings. The van der Waals surface area contributed by atoms with Gasteiger partial charge in [0.15, 0.2) is 41.8 Å². The van der Waals surface area contributed by atoms with E-state index in [4.69, 9.17) is 72.5 Å². The Morgan fingerprint density at radius 3 is 2.27 bits per heavy atom. The highest BCUT2D eigenvalue weighted by atomic mass is 127. The Labute approximate surface area is 589 Å². The van der Waals surface area contributed by atoms with Crippen LogP contribution in [-0.4, -0.2) is 247 Å². The number of likely N-dealkylation sites (N-methyl/N-ethyl adjacent to an activating group) is 1. The molecule has 7 rings (SSSR count). The smallest absolute Gasteiger partial charge is 0.411 e. The van der Waals surface area contributed by atoms with Crippen LogP contribution in [0.3, 0.4) is 0 Å². The van der Waals surface area contributed by atoms with E-state index in [9.17, 15) is 49.5 Å². The summed E-state index contributed by atoms with van der Waals surface area (Å²) in [7, 11) is 9.57. The summed E-state index contributed by atoms with van der Waals surface area (Å²) in [5.74, 6) is 9.51. The van der Waals surface area contributed by atoms with Crippen molar-refractivity contribution in [1.82, 2.24) is 21.4 Å². The fourth-order valence-electron chi connectivity index (χ4n) is 11.7. The van der Waals surface area contributed by atoms with E-state index in [-0.39, 0.29) is 96.2 Å². The van der Waals surface area contributed by atoms with Gasteiger partial charge in [0.05, 0.1) is 97.0 Å². The Morgan fingerprint density at radius 2 is 1.61 bits per heavy atom. The number of rotatable bonds is 29. The number of nitrogens with two attached hydrogens (primary N) is 1. The Hall–Kier alpha value is -4.39. The number of aliphatic hydroxyl groups is 5. The van der Waals surface area contributed by atoms with Gasteiger partial charge in [0.25, 0.3) is 0 Å². The molecule has 4 saturated heterocycles. The lowest BCUT2D eigenvalue weighted by atomic mass is 9.75. The van der Waals surface area contributed by atoms with Gasteiger partial charge in [-0.25, -0.2) is 4.79 Å². The number of carbonyl (C=O) groups is 5. The molecule has 4 heterocycles. The molecule has 6 aliphatic rings. The van der Waals surface area contributed by atoms with Crippen LogP contribution in [0.1, 0.15) is 96.0 Å². The quantitative estimate of drug-likeness (QED) is 0.0180. The number of aliphatic hydroxyl groups excluding tert-OH is 4. The van der Waals surface area contributed by atoms with Crippen molar-refractivity contribution < 1.29 is 116 Å². The van der Waals surface area contributed by atoms with Crippen molar-refractivity contribution >= 4 is 84.8 Å². The van der Waals surface area contributed by atoms with Crippen LogP contribution < -0.4 is 41.4 Å². The molecule has 2 bridgehead atoms. The number of ketones is 1. The number of aliphatic carboxylic acids is 1. The fraction of sp³-hybridized carbons (Fsp3) is 0.672. The number of carboxylic acid groups (broad SMARTS) is 1. The Balaban J connectivity index is 1.11. The van der Waals surface area contributed by atoms with E-state index in [1.165, 1.54) is 55.1 Å². The average Bonchev–Trinajstić information content (AvgIpc) is 0.766. The van der Waals surface area contributed by atoms with Crippen molar-refractivity contribution in [3.05, 3.63) is 49.8 Å². The van der Waals surface area contributed by atoms with E-state index in [2.05, 4.69) is 45.1 Å². The SMILES string of the molecule is CCN[C@H]1CO[C@@H](O[C@H]2[C@H](O[C@H]3C#CC=CC#C[C@]4(O)CC(=O)C(NC(=O)OC)=C3C4=CCSSC(C)(C)CCNC(=O)CC[C@@H](N)C(=O)O)O[C@H](C)[C@@H](NO[C@H]3C[C@H](O)[C@H](SC(=O)c4c(C)c(I)c(O[C@@H]5O[C@@H](C)[C@H](O)[C@@H](OC)[C@H]5O)c(OC)c4OC)[C@@H](C)O3)[C@@H]2O)C[C@@H]1OC. The normalized spacial score (nSPS) is 32.8. The molecule has 0 aromatic heterocycles. The molecule has 2 amide bonds. The number of Topliss-reactive ketones (excluding diaryl/α,β-unsaturated/α-hetero) is 1. The molecule has 1 aromatic rings. The zero-order valence-electron chi connectivity index (χ0n) is 56.0. The van der Waals surface area contributed by atoms with Crippen molar-refractivity contribution in [2.75, 3.05) is 61.0 Å². The van der Waals surface area contributed by atoms with Crippen molar-refractivity contribution in [3.8, 4) is 40.9 Å². The molecule has 29 nitrogen and oxygen atoms in total. The third-order valence-corrected chi connectivity index (χ3v) is 22.9. The minimum Gasteiger partial charge on any atom is -0.492 e. The number of thioether (sulfide) groups is 1. The average molecular weight is 1540 g/mol. The van der Waals surface area contributed by atoms with E-state index in [0.717, 1.165) is 18.9 Å². The standard InChI is InChI=1S/C64H90IN5O24S3/c1-13-67-36-29-87-42(27-40(36)82-8)92-55-50(75)47(70-94-43-26-37(71)57(33(5)88-43)96-59(79)44-30(2)46(65)53(56(85-11)52(44)83-9)93-60-51(76)54(84-10)49(74)32(4)90-60)31(3)89-61(55)91-39-18-16-14-15-17-22-64(81)28-38(72)48(69-62(80)86-12)45(39)34(64)21-25-95-97-63(6,7)23-24-68-41(73)20-19-35(66)58(77)78/h14-15,21,31-33,35-37,39-40,42-43,47,49-51,54-55,57,60-61,67,70-71,74-76,81H,13,19-20,23-29,66H2,1-12H3,(H,68,73)(H,69,80)(H,77,78)/t31-,32+,33-,35-,36+,37+,39+,40+,42+,43+,47-,49+,50+,51-,54-,55-,57-,60+,61+,64+/m1/s1. The number of hydrogen-bond donors (Lipinski definition) is 11. The molecule has 33 heteroatoms. The number of fused-ring (bicyclic) bond motifs is 2. The molecule has 540 valence electrons. The molecule has 20 atom stereocenters. The first kappa shape index (κ1) is 79.9. The first-order valence-corrected chi connectivity index (χ1v) is 35.8. The van der Waals surface area contributed by atoms with Crippen LogP contribution in [0.4, 0.5) is 4.79 Å². The van der Waals surface area contributed by atoms with Gasteiger partial charge in [-0.2, -0.15) is 5.48 Å². The van der Waals surface area contributed by atoms with Gasteiger partial charge in [0.1, 0.15) is 42.7 Å². The molecule has 12 N–H and O–H groups in total. The van der Waals surface area contributed by atoms with Crippen LogP contribution in [0.25, 0.3) is 0 Å². The summed E-state index contributed by atoms with van der Waals surface area (Å²) in [4.78, 5) is 71.8. The van der Waals surface area contributed by atoms with Crippen LogP contribution in [0.5, 0.6) is 17.2 Å². The minimum atomic E-state index is -2.18. The van der Waals surface area contributed by atoms with Crippen LogP contribution in [0.15, 0.2) is 35.1 Å². The third kappa shape index (κ3) is 20.0. The van der Waals surface area contributed by atoms with Crippen molar-refractivity contribution in [1.29, 1.82) is 0 Å². The molecular formula is C64H90IN5O24S3. The Morgan fingerprint density at radius 1 is 0.897 bits per heavy atom. The first-order valence-electron chi connectivity index (χ1n) is 31.5. The minimum absolute atomic E-state index is 0.00858. The molecule has 0 unspecified atom stereocenters. The lowest BCUT2D eigenvalue weighted by molar-refractivity contribution is -0.336. The van der Waals surface area contributed by atoms with Crippen LogP contribution >= 0.6 is 55.9 Å². The zero-order chi connectivity index (χ0) is 71.2. The number of hydroxylamine groups is 1.